The SMILES string of the molecule is COC(=O)c1ccc(C(C)C=Cc2cccn2C(CCc2ccccc2)C(N)=O)cc1. The third kappa shape index (κ3) is 5.72. The zero-order valence-electron chi connectivity index (χ0n) is 17.9. The Balaban J connectivity index is 1.72. The summed E-state index contributed by atoms with van der Waals surface area (Å²) in [5, 5.41) is 0. The number of benzene rings is 2. The number of carbonyl (C=O) groups excluding carboxylic acids is 2. The lowest BCUT2D eigenvalue weighted by atomic mass is 9.99. The van der Waals surface area contributed by atoms with Crippen molar-refractivity contribution in [1.82, 2.24) is 4.57 Å². The number of nitrogens with zero attached hydrogens (tertiary/aromatic N) is 1. The van der Waals surface area contributed by atoms with Gasteiger partial charge in [0.05, 0.1) is 12.7 Å². The molecule has 31 heavy (non-hydrogen) atoms. The lowest BCUT2D eigenvalue weighted by Gasteiger charge is -2.18. The Morgan fingerprint density at radius 2 is 1.74 bits per heavy atom. The third-order valence-electron chi connectivity index (χ3n) is 5.44. The van der Waals surface area contributed by atoms with Crippen LogP contribution in [0.15, 0.2) is 79.0 Å². The number of ether oxygens (including phenoxy) is 1. The van der Waals surface area contributed by atoms with Gasteiger partial charge in [-0.25, -0.2) is 4.79 Å². The molecular weight excluding hydrogens is 388 g/mol. The summed E-state index contributed by atoms with van der Waals surface area (Å²) in [6.45, 7) is 2.08. The molecule has 2 atom stereocenters. The highest BCUT2D eigenvalue weighted by Crippen LogP contribution is 2.22. The standard InChI is InChI=1S/C26H28N2O3/c1-19(21-12-14-22(15-13-21)26(30)31-2)10-16-23-9-6-18-28(23)24(25(27)29)17-11-20-7-4-3-5-8-20/h3-10,12-16,18-19,24H,11,17H2,1-2H3,(H2,27,29). The summed E-state index contributed by atoms with van der Waals surface area (Å²) < 4.78 is 6.68. The van der Waals surface area contributed by atoms with Crippen molar-refractivity contribution in [3.8, 4) is 0 Å². The van der Waals surface area contributed by atoms with Crippen molar-refractivity contribution in [1.29, 1.82) is 0 Å². The maximum Gasteiger partial charge on any atom is 0.337 e. The van der Waals surface area contributed by atoms with Crippen molar-refractivity contribution in [3.05, 3.63) is 101 Å². The Bertz CT molecular complexity index is 1040. The predicted octanol–water partition coefficient (Wildman–Crippen LogP) is 4.75. The summed E-state index contributed by atoms with van der Waals surface area (Å²) in [6, 6.07) is 21.0. The van der Waals surface area contributed by atoms with E-state index in [1.165, 1.54) is 12.7 Å². The Kier molecular flexibility index (Phi) is 7.44. The smallest absolute Gasteiger partial charge is 0.337 e. The van der Waals surface area contributed by atoms with E-state index >= 15 is 0 Å². The highest BCUT2D eigenvalue weighted by atomic mass is 16.5. The van der Waals surface area contributed by atoms with Gasteiger partial charge in [0, 0.05) is 11.9 Å². The van der Waals surface area contributed by atoms with Crippen LogP contribution in [0.1, 0.15) is 52.5 Å². The van der Waals surface area contributed by atoms with Gasteiger partial charge in [-0.1, -0.05) is 55.5 Å². The van der Waals surface area contributed by atoms with Crippen LogP contribution in [0.5, 0.6) is 0 Å². The highest BCUT2D eigenvalue weighted by Gasteiger charge is 2.18. The van der Waals surface area contributed by atoms with Crippen molar-refractivity contribution in [2.45, 2.75) is 31.7 Å². The molecule has 0 fully saturated rings. The van der Waals surface area contributed by atoms with E-state index in [2.05, 4.69) is 25.1 Å². The van der Waals surface area contributed by atoms with Crippen molar-refractivity contribution in [2.24, 2.45) is 5.73 Å². The van der Waals surface area contributed by atoms with Gasteiger partial charge >= 0.3 is 5.97 Å². The minimum absolute atomic E-state index is 0.131. The number of rotatable bonds is 9. The molecule has 160 valence electrons. The molecule has 0 radical (unpaired) electrons. The molecule has 0 aliphatic carbocycles. The summed E-state index contributed by atoms with van der Waals surface area (Å²) in [5.41, 5.74) is 9.45. The van der Waals surface area contributed by atoms with Crippen molar-refractivity contribution < 1.29 is 14.3 Å². The highest BCUT2D eigenvalue weighted by molar-refractivity contribution is 5.89. The molecule has 5 nitrogen and oxygen atoms in total. The molecular formula is C26H28N2O3. The number of allylic oxidation sites excluding steroid dienone is 1. The molecule has 0 spiro atoms. The van der Waals surface area contributed by atoms with E-state index in [-0.39, 0.29) is 17.8 Å². The van der Waals surface area contributed by atoms with E-state index in [0.29, 0.717) is 12.0 Å². The fourth-order valence-electron chi connectivity index (χ4n) is 3.59. The Labute approximate surface area is 183 Å². The summed E-state index contributed by atoms with van der Waals surface area (Å²) in [4.78, 5) is 23.8. The maximum absolute atomic E-state index is 12.2. The van der Waals surface area contributed by atoms with Gasteiger partial charge < -0.3 is 15.0 Å². The largest absolute Gasteiger partial charge is 0.465 e. The van der Waals surface area contributed by atoms with Gasteiger partial charge in [0.1, 0.15) is 6.04 Å². The zero-order valence-corrected chi connectivity index (χ0v) is 17.9. The molecule has 0 saturated heterocycles. The van der Waals surface area contributed by atoms with Crippen LogP contribution in [0, 0.1) is 0 Å². The van der Waals surface area contributed by atoms with Gasteiger partial charge in [-0.15, -0.1) is 0 Å². The molecule has 2 aromatic carbocycles. The van der Waals surface area contributed by atoms with Crippen LogP contribution < -0.4 is 5.73 Å². The molecule has 3 rings (SSSR count). The fraction of sp³-hybridized carbons (Fsp3) is 0.231. The second-order valence-electron chi connectivity index (χ2n) is 7.54. The maximum atomic E-state index is 12.2. The van der Waals surface area contributed by atoms with E-state index in [1.807, 2.05) is 59.3 Å². The lowest BCUT2D eigenvalue weighted by Crippen LogP contribution is -2.27. The van der Waals surface area contributed by atoms with Crippen LogP contribution in [0.3, 0.4) is 0 Å². The first-order chi connectivity index (χ1) is 15.0. The number of methoxy groups -OCH3 is 1. The van der Waals surface area contributed by atoms with Crippen molar-refractivity contribution in [3.63, 3.8) is 0 Å². The first kappa shape index (κ1) is 22.1. The molecule has 2 N–H and O–H groups in total. The number of nitrogens with two attached hydrogens (primary N) is 1. The first-order valence-electron chi connectivity index (χ1n) is 10.4. The Morgan fingerprint density at radius 3 is 2.39 bits per heavy atom. The number of hydrogen-bond donors (Lipinski definition) is 1. The van der Waals surface area contributed by atoms with Gasteiger partial charge in [-0.3, -0.25) is 4.79 Å². The van der Waals surface area contributed by atoms with E-state index in [1.54, 1.807) is 12.1 Å². The van der Waals surface area contributed by atoms with E-state index in [9.17, 15) is 9.59 Å². The average Bonchev–Trinajstić information content (AvgIpc) is 3.26. The molecule has 0 bridgehead atoms. The summed E-state index contributed by atoms with van der Waals surface area (Å²) in [6.07, 6.45) is 7.40. The van der Waals surface area contributed by atoms with Crippen LogP contribution in [-0.4, -0.2) is 23.6 Å². The molecule has 2 unspecified atom stereocenters. The number of hydrogen-bond acceptors (Lipinski definition) is 3. The number of esters is 1. The molecule has 1 amide bonds. The van der Waals surface area contributed by atoms with Gasteiger partial charge in [0.15, 0.2) is 0 Å². The number of carbonyl (C=O) groups is 2. The quantitative estimate of drug-likeness (QED) is 0.512. The number of aryl methyl sites for hydroxylation is 1. The minimum Gasteiger partial charge on any atom is -0.465 e. The van der Waals surface area contributed by atoms with Crippen molar-refractivity contribution >= 4 is 18.0 Å². The molecule has 3 aromatic rings. The van der Waals surface area contributed by atoms with Gasteiger partial charge in [0.2, 0.25) is 5.91 Å². The number of aromatic nitrogens is 1. The summed E-state index contributed by atoms with van der Waals surface area (Å²) in [5.74, 6) is -0.555. The number of amides is 1. The Hall–Kier alpha value is -3.60. The second kappa shape index (κ2) is 10.4. The predicted molar refractivity (Wildman–Crippen MR) is 123 cm³/mol. The van der Waals surface area contributed by atoms with E-state index in [0.717, 1.165) is 17.7 Å². The number of primary amides is 1. The molecule has 0 aliphatic rings. The second-order valence-corrected chi connectivity index (χ2v) is 7.54. The van der Waals surface area contributed by atoms with Crippen LogP contribution in [0.25, 0.3) is 6.08 Å². The molecule has 1 aromatic heterocycles. The summed E-state index contributed by atoms with van der Waals surface area (Å²) >= 11 is 0. The van der Waals surface area contributed by atoms with E-state index in [4.69, 9.17) is 10.5 Å². The van der Waals surface area contributed by atoms with Crippen LogP contribution in [0.2, 0.25) is 0 Å². The van der Waals surface area contributed by atoms with Gasteiger partial charge in [0.25, 0.3) is 0 Å². The molecule has 1 heterocycles. The lowest BCUT2D eigenvalue weighted by molar-refractivity contribution is -0.121. The van der Waals surface area contributed by atoms with Crippen LogP contribution >= 0.6 is 0 Å². The van der Waals surface area contributed by atoms with E-state index < -0.39 is 6.04 Å². The molecule has 0 saturated carbocycles. The monoisotopic (exact) mass is 416 g/mol. The first-order valence-corrected chi connectivity index (χ1v) is 10.4. The van der Waals surface area contributed by atoms with Gasteiger partial charge in [-0.2, -0.15) is 0 Å². The molecule has 0 aliphatic heterocycles. The normalized spacial score (nSPS) is 13.1. The zero-order chi connectivity index (χ0) is 22.2. The van der Waals surface area contributed by atoms with Gasteiger partial charge in [-0.05, 0) is 60.2 Å². The average molecular weight is 417 g/mol. The molecule has 5 heteroatoms. The fourth-order valence-corrected chi connectivity index (χ4v) is 3.59. The topological polar surface area (TPSA) is 74.3 Å². The van der Waals surface area contributed by atoms with Crippen LogP contribution in [-0.2, 0) is 16.0 Å². The van der Waals surface area contributed by atoms with Crippen LogP contribution in [0.4, 0.5) is 0 Å². The summed E-state index contributed by atoms with van der Waals surface area (Å²) in [7, 11) is 1.37. The minimum atomic E-state index is -0.412. The third-order valence-corrected chi connectivity index (χ3v) is 5.44. The Morgan fingerprint density at radius 1 is 1.03 bits per heavy atom. The van der Waals surface area contributed by atoms with Crippen molar-refractivity contribution in [2.75, 3.05) is 7.11 Å².